The van der Waals surface area contributed by atoms with E-state index in [0.29, 0.717) is 23.5 Å². The quantitative estimate of drug-likeness (QED) is 0.635. The second-order valence-electron chi connectivity index (χ2n) is 6.08. The van der Waals surface area contributed by atoms with Gasteiger partial charge in [-0.2, -0.15) is 0 Å². The molecule has 1 amide bonds. The van der Waals surface area contributed by atoms with Gasteiger partial charge in [0, 0.05) is 24.0 Å². The first-order valence-corrected chi connectivity index (χ1v) is 10.0. The van der Waals surface area contributed by atoms with Crippen molar-refractivity contribution in [2.45, 2.75) is 11.5 Å². The lowest BCUT2D eigenvalue weighted by molar-refractivity contribution is 0.102. The van der Waals surface area contributed by atoms with E-state index in [9.17, 15) is 13.2 Å². The molecule has 0 fully saturated rings. The topological polar surface area (TPSA) is 84.5 Å². The minimum Gasteiger partial charge on any atom is -0.380 e. The van der Waals surface area contributed by atoms with Crippen LogP contribution >= 0.6 is 0 Å². The molecule has 0 aliphatic carbocycles. The van der Waals surface area contributed by atoms with Gasteiger partial charge in [-0.15, -0.1) is 0 Å². The summed E-state index contributed by atoms with van der Waals surface area (Å²) in [5.74, 6) is -0.325. The van der Waals surface area contributed by atoms with Gasteiger partial charge in [0.15, 0.2) is 0 Å². The van der Waals surface area contributed by atoms with Gasteiger partial charge in [-0.25, -0.2) is 8.42 Å². The van der Waals surface area contributed by atoms with Crippen LogP contribution in [0.15, 0.2) is 83.8 Å². The Kier molecular flexibility index (Phi) is 6.08. The van der Waals surface area contributed by atoms with Crippen LogP contribution in [0, 0.1) is 0 Å². The molecule has 2 N–H and O–H groups in total. The molecular weight excluding hydrogens is 376 g/mol. The molecule has 0 aliphatic heterocycles. The highest BCUT2D eigenvalue weighted by atomic mass is 32.2. The number of rotatable bonds is 7. The second-order valence-corrected chi connectivity index (χ2v) is 7.77. The molecule has 0 bridgehead atoms. The Hall–Kier alpha value is -3.16. The van der Waals surface area contributed by atoms with E-state index in [0.717, 1.165) is 5.56 Å². The molecule has 0 unspecified atom stereocenters. The van der Waals surface area contributed by atoms with Gasteiger partial charge in [-0.05, 0) is 54.1 Å². The lowest BCUT2D eigenvalue weighted by atomic mass is 10.2. The van der Waals surface area contributed by atoms with E-state index in [-0.39, 0.29) is 10.8 Å². The molecule has 0 heterocycles. The van der Waals surface area contributed by atoms with E-state index in [1.807, 2.05) is 18.2 Å². The molecule has 3 rings (SSSR count). The van der Waals surface area contributed by atoms with Gasteiger partial charge in [0.25, 0.3) is 15.9 Å². The fourth-order valence-corrected chi connectivity index (χ4v) is 3.67. The Labute approximate surface area is 164 Å². The monoisotopic (exact) mass is 396 g/mol. The maximum atomic E-state index is 12.4. The molecule has 144 valence electrons. The van der Waals surface area contributed by atoms with Crippen molar-refractivity contribution in [3.63, 3.8) is 0 Å². The zero-order chi connectivity index (χ0) is 20.0. The number of methoxy groups -OCH3 is 1. The highest BCUT2D eigenvalue weighted by Crippen LogP contribution is 2.18. The molecule has 3 aromatic rings. The molecule has 0 saturated carbocycles. The molecule has 6 nitrogen and oxygen atoms in total. The number of benzene rings is 3. The number of carbonyl (C=O) groups is 1. The van der Waals surface area contributed by atoms with Crippen molar-refractivity contribution in [1.29, 1.82) is 0 Å². The minimum atomic E-state index is -3.72. The average molecular weight is 396 g/mol. The summed E-state index contributed by atoms with van der Waals surface area (Å²) in [5.41, 5.74) is 2.41. The van der Waals surface area contributed by atoms with E-state index < -0.39 is 10.0 Å². The first kappa shape index (κ1) is 19.6. The van der Waals surface area contributed by atoms with Gasteiger partial charge >= 0.3 is 0 Å². The Morgan fingerprint density at radius 2 is 1.57 bits per heavy atom. The first-order valence-electron chi connectivity index (χ1n) is 8.55. The van der Waals surface area contributed by atoms with E-state index in [1.54, 1.807) is 43.5 Å². The van der Waals surface area contributed by atoms with Crippen LogP contribution in [0.5, 0.6) is 0 Å². The van der Waals surface area contributed by atoms with Crippen molar-refractivity contribution < 1.29 is 17.9 Å². The van der Waals surface area contributed by atoms with E-state index >= 15 is 0 Å². The average Bonchev–Trinajstić information content (AvgIpc) is 2.69. The fourth-order valence-electron chi connectivity index (χ4n) is 2.61. The molecule has 0 aliphatic rings. The summed E-state index contributed by atoms with van der Waals surface area (Å²) in [6.45, 7) is 0.449. The predicted molar refractivity (Wildman–Crippen MR) is 109 cm³/mol. The number of nitrogens with one attached hydrogen (secondary N) is 2. The minimum absolute atomic E-state index is 0.0787. The normalized spacial score (nSPS) is 11.0. The molecule has 0 saturated heterocycles. The zero-order valence-corrected chi connectivity index (χ0v) is 16.1. The number of sulfonamides is 1. The fraction of sp³-hybridized carbons (Fsp3) is 0.0952. The summed E-state index contributed by atoms with van der Waals surface area (Å²) in [5, 5.41) is 2.80. The van der Waals surface area contributed by atoms with Crippen LogP contribution in [0.1, 0.15) is 15.9 Å². The third-order valence-electron chi connectivity index (χ3n) is 3.95. The Morgan fingerprint density at radius 1 is 0.893 bits per heavy atom. The molecule has 0 radical (unpaired) electrons. The maximum absolute atomic E-state index is 12.4. The highest BCUT2D eigenvalue weighted by molar-refractivity contribution is 7.92. The van der Waals surface area contributed by atoms with Crippen LogP contribution in [-0.4, -0.2) is 21.4 Å². The number of ether oxygens (including phenoxy) is 1. The zero-order valence-electron chi connectivity index (χ0n) is 15.3. The van der Waals surface area contributed by atoms with Gasteiger partial charge < -0.3 is 10.1 Å². The Balaban J connectivity index is 1.71. The van der Waals surface area contributed by atoms with Crippen LogP contribution in [-0.2, 0) is 21.4 Å². The van der Waals surface area contributed by atoms with Crippen molar-refractivity contribution in [1.82, 2.24) is 0 Å². The van der Waals surface area contributed by atoms with Crippen LogP contribution < -0.4 is 10.0 Å². The lowest BCUT2D eigenvalue weighted by Gasteiger charge is -2.10. The third-order valence-corrected chi connectivity index (χ3v) is 5.35. The molecule has 3 aromatic carbocycles. The van der Waals surface area contributed by atoms with Crippen molar-refractivity contribution in [3.05, 3.63) is 90.0 Å². The number of hydrogen-bond donors (Lipinski definition) is 2. The van der Waals surface area contributed by atoms with E-state index in [2.05, 4.69) is 10.0 Å². The van der Waals surface area contributed by atoms with Crippen molar-refractivity contribution in [2.75, 3.05) is 17.1 Å². The second kappa shape index (κ2) is 8.69. The predicted octanol–water partition coefficient (Wildman–Crippen LogP) is 3.89. The molecular formula is C21H20N2O4S. The number of para-hydroxylation sites is 1. The standard InChI is InChI=1S/C21H20N2O4S/c1-27-15-16-6-5-9-19(14-16)22-21(24)17-10-12-20(13-11-17)28(25,26)23-18-7-3-2-4-8-18/h2-14,23H,15H2,1H3,(H,22,24). The van der Waals surface area contributed by atoms with Crippen molar-refractivity contribution in [3.8, 4) is 0 Å². The largest absolute Gasteiger partial charge is 0.380 e. The summed E-state index contributed by atoms with van der Waals surface area (Å²) in [4.78, 5) is 12.5. The SMILES string of the molecule is COCc1cccc(NC(=O)c2ccc(S(=O)(=O)Nc3ccccc3)cc2)c1. The molecule has 28 heavy (non-hydrogen) atoms. The van der Waals surface area contributed by atoms with Crippen LogP contribution in [0.4, 0.5) is 11.4 Å². The van der Waals surface area contributed by atoms with E-state index in [1.165, 1.54) is 24.3 Å². The van der Waals surface area contributed by atoms with Gasteiger partial charge in [0.2, 0.25) is 0 Å². The Morgan fingerprint density at radius 3 is 2.25 bits per heavy atom. The van der Waals surface area contributed by atoms with Crippen LogP contribution in [0.3, 0.4) is 0 Å². The smallest absolute Gasteiger partial charge is 0.261 e. The van der Waals surface area contributed by atoms with Gasteiger partial charge in [-0.3, -0.25) is 9.52 Å². The molecule has 0 atom stereocenters. The van der Waals surface area contributed by atoms with Crippen molar-refractivity contribution >= 4 is 27.3 Å². The maximum Gasteiger partial charge on any atom is 0.261 e. The van der Waals surface area contributed by atoms with Crippen LogP contribution in [0.25, 0.3) is 0 Å². The summed E-state index contributed by atoms with van der Waals surface area (Å²) in [6.07, 6.45) is 0. The van der Waals surface area contributed by atoms with Crippen LogP contribution in [0.2, 0.25) is 0 Å². The molecule has 0 aromatic heterocycles. The Bertz CT molecular complexity index is 1050. The number of carbonyl (C=O) groups excluding carboxylic acids is 1. The number of anilines is 2. The van der Waals surface area contributed by atoms with E-state index in [4.69, 9.17) is 4.74 Å². The summed E-state index contributed by atoms with van der Waals surface area (Å²) in [6, 6.07) is 21.7. The van der Waals surface area contributed by atoms with Crippen molar-refractivity contribution in [2.24, 2.45) is 0 Å². The van der Waals surface area contributed by atoms with Gasteiger partial charge in [0.05, 0.1) is 11.5 Å². The lowest BCUT2D eigenvalue weighted by Crippen LogP contribution is -2.15. The summed E-state index contributed by atoms with van der Waals surface area (Å²) < 4.78 is 32.5. The van der Waals surface area contributed by atoms with Gasteiger partial charge in [-0.1, -0.05) is 30.3 Å². The number of amides is 1. The summed E-state index contributed by atoms with van der Waals surface area (Å²) >= 11 is 0. The molecule has 0 spiro atoms. The third kappa shape index (κ3) is 4.97. The first-order chi connectivity index (χ1) is 13.5. The summed E-state index contributed by atoms with van der Waals surface area (Å²) in [7, 11) is -2.12. The van der Waals surface area contributed by atoms with Gasteiger partial charge in [0.1, 0.15) is 0 Å². The highest BCUT2D eigenvalue weighted by Gasteiger charge is 2.15. The molecule has 7 heteroatoms. The number of hydrogen-bond acceptors (Lipinski definition) is 4.